The molecule has 0 amide bonds. The van der Waals surface area contributed by atoms with E-state index < -0.39 is 15.4 Å². The van der Waals surface area contributed by atoms with Crippen molar-refractivity contribution in [3.05, 3.63) is 94.6 Å². The Balaban J connectivity index is 1.47. The zero-order valence-electron chi connectivity index (χ0n) is 20.8. The fourth-order valence-electron chi connectivity index (χ4n) is 5.45. The predicted octanol–water partition coefficient (Wildman–Crippen LogP) is 3.65. The molecule has 0 spiro atoms. The Labute approximate surface area is 219 Å². The number of ketones is 1. The van der Waals surface area contributed by atoms with Gasteiger partial charge in [0.2, 0.25) is 10.0 Å². The highest BCUT2D eigenvalue weighted by atomic mass is 32.2. The maximum atomic E-state index is 14.2. The van der Waals surface area contributed by atoms with E-state index in [2.05, 4.69) is 20.3 Å². The summed E-state index contributed by atoms with van der Waals surface area (Å²) in [7, 11) is -3.90. The summed E-state index contributed by atoms with van der Waals surface area (Å²) in [4.78, 5) is 18.7. The van der Waals surface area contributed by atoms with Crippen LogP contribution in [0.4, 0.5) is 4.39 Å². The SMILES string of the molecule is Cc1ccnc(C(=O)[C@]23Cc4cnn(-c5ccc(F)cc5)c4C=C2CCN(S(=O)(=O)c2cn[nH]c2C)C3)c1. The molecule has 1 N–H and O–H groups in total. The zero-order valence-corrected chi connectivity index (χ0v) is 21.7. The van der Waals surface area contributed by atoms with Crippen LogP contribution in [0.1, 0.15) is 39.4 Å². The maximum Gasteiger partial charge on any atom is 0.246 e. The summed E-state index contributed by atoms with van der Waals surface area (Å²) in [6, 6.07) is 9.59. The van der Waals surface area contributed by atoms with E-state index >= 15 is 0 Å². The number of aromatic nitrogens is 5. The largest absolute Gasteiger partial charge is 0.291 e. The van der Waals surface area contributed by atoms with Gasteiger partial charge >= 0.3 is 0 Å². The number of aryl methyl sites for hydroxylation is 2. The van der Waals surface area contributed by atoms with Crippen molar-refractivity contribution in [1.29, 1.82) is 0 Å². The molecule has 0 saturated carbocycles. The van der Waals surface area contributed by atoms with Gasteiger partial charge in [0.05, 0.1) is 34.9 Å². The second kappa shape index (κ2) is 8.81. The van der Waals surface area contributed by atoms with Gasteiger partial charge in [0.25, 0.3) is 0 Å². The van der Waals surface area contributed by atoms with Gasteiger partial charge in [-0.2, -0.15) is 14.5 Å². The van der Waals surface area contributed by atoms with Crippen LogP contribution in [0.2, 0.25) is 0 Å². The summed E-state index contributed by atoms with van der Waals surface area (Å²) in [5.41, 5.74) is 3.61. The lowest BCUT2D eigenvalue weighted by Crippen LogP contribution is -2.53. The van der Waals surface area contributed by atoms with Crippen LogP contribution in [0.25, 0.3) is 11.8 Å². The summed E-state index contributed by atoms with van der Waals surface area (Å²) < 4.78 is 43.9. The van der Waals surface area contributed by atoms with Crippen LogP contribution in [-0.2, 0) is 16.4 Å². The first-order valence-electron chi connectivity index (χ1n) is 12.2. The Bertz CT molecular complexity index is 1710. The molecule has 1 fully saturated rings. The lowest BCUT2D eigenvalue weighted by Gasteiger charge is -2.44. The second-order valence-electron chi connectivity index (χ2n) is 9.87. The van der Waals surface area contributed by atoms with E-state index in [0.717, 1.165) is 22.4 Å². The lowest BCUT2D eigenvalue weighted by atomic mass is 9.65. The average molecular weight is 533 g/mol. The van der Waals surface area contributed by atoms with Crippen LogP contribution in [-0.4, -0.2) is 56.6 Å². The van der Waals surface area contributed by atoms with E-state index in [-0.39, 0.29) is 36.0 Å². The Morgan fingerprint density at radius 3 is 2.63 bits per heavy atom. The van der Waals surface area contributed by atoms with Crippen molar-refractivity contribution in [3.8, 4) is 5.69 Å². The maximum absolute atomic E-state index is 14.2. The summed E-state index contributed by atoms with van der Waals surface area (Å²) in [6.07, 6.45) is 7.16. The fourth-order valence-corrected chi connectivity index (χ4v) is 7.07. The van der Waals surface area contributed by atoms with Gasteiger partial charge in [-0.3, -0.25) is 14.9 Å². The van der Waals surface area contributed by atoms with Crippen LogP contribution < -0.4 is 0 Å². The van der Waals surface area contributed by atoms with Crippen LogP contribution in [0, 0.1) is 25.1 Å². The molecular formula is C27H25FN6O3S. The molecule has 1 aliphatic heterocycles. The molecule has 2 aliphatic rings. The molecule has 0 unspecified atom stereocenters. The zero-order chi connectivity index (χ0) is 26.7. The van der Waals surface area contributed by atoms with Crippen molar-refractivity contribution in [2.45, 2.75) is 31.6 Å². The minimum atomic E-state index is -3.90. The van der Waals surface area contributed by atoms with E-state index in [1.807, 2.05) is 19.1 Å². The number of rotatable bonds is 5. The fraction of sp³-hybridized carbons (Fsp3) is 0.259. The number of sulfonamides is 1. The van der Waals surface area contributed by atoms with Gasteiger partial charge in [0, 0.05) is 19.3 Å². The summed E-state index contributed by atoms with van der Waals surface area (Å²) in [5.74, 6) is -0.568. The molecule has 6 rings (SSSR count). The van der Waals surface area contributed by atoms with Crippen LogP contribution in [0.5, 0.6) is 0 Å². The van der Waals surface area contributed by atoms with Crippen LogP contribution in [0.15, 0.2) is 65.5 Å². The number of H-pyrrole nitrogens is 1. The molecule has 1 aromatic carbocycles. The molecule has 194 valence electrons. The molecule has 3 aromatic heterocycles. The first kappa shape index (κ1) is 24.4. The van der Waals surface area contributed by atoms with Gasteiger partial charge in [-0.15, -0.1) is 0 Å². The minimum Gasteiger partial charge on any atom is -0.291 e. The standard InChI is InChI=1S/C27H25FN6O3S/c1-17-7-9-29-23(11-17)26(35)27-13-19-14-31-34(22-5-3-21(28)4-6-22)24(19)12-20(27)8-10-33(16-27)38(36,37)25-15-30-32-18(25)2/h3-7,9,11-12,14-15H,8,10,13,16H2,1-2H3,(H,30,32)/t27-/m0/s1. The Morgan fingerprint density at radius 1 is 1.13 bits per heavy atom. The van der Waals surface area contributed by atoms with Crippen molar-refractivity contribution < 1.29 is 17.6 Å². The van der Waals surface area contributed by atoms with Crippen LogP contribution in [0.3, 0.4) is 0 Å². The van der Waals surface area contributed by atoms with Crippen molar-refractivity contribution in [1.82, 2.24) is 29.3 Å². The molecular weight excluding hydrogens is 507 g/mol. The van der Waals surface area contributed by atoms with Crippen molar-refractivity contribution in [2.24, 2.45) is 5.41 Å². The Hall–Kier alpha value is -3.96. The number of piperidine rings is 1. The number of hydrogen-bond donors (Lipinski definition) is 1. The average Bonchev–Trinajstić information content (AvgIpc) is 3.53. The van der Waals surface area contributed by atoms with Gasteiger partial charge < -0.3 is 0 Å². The molecule has 38 heavy (non-hydrogen) atoms. The molecule has 1 atom stereocenters. The lowest BCUT2D eigenvalue weighted by molar-refractivity contribution is 0.0770. The molecule has 4 heterocycles. The third-order valence-corrected chi connectivity index (χ3v) is 9.40. The van der Waals surface area contributed by atoms with E-state index in [9.17, 15) is 17.6 Å². The summed E-state index contributed by atoms with van der Waals surface area (Å²) in [6.45, 7) is 3.73. The molecule has 4 aromatic rings. The molecule has 0 radical (unpaired) electrons. The monoisotopic (exact) mass is 532 g/mol. The summed E-state index contributed by atoms with van der Waals surface area (Å²) >= 11 is 0. The number of pyridine rings is 1. The minimum absolute atomic E-state index is 0.0264. The number of hydrogen-bond acceptors (Lipinski definition) is 6. The number of carbonyl (C=O) groups excluding carboxylic acids is 1. The van der Waals surface area contributed by atoms with Gasteiger partial charge in [-0.1, -0.05) is 5.57 Å². The molecule has 1 aliphatic carbocycles. The van der Waals surface area contributed by atoms with Gasteiger partial charge in [0.1, 0.15) is 16.4 Å². The highest BCUT2D eigenvalue weighted by molar-refractivity contribution is 7.89. The normalized spacial score (nSPS) is 19.5. The number of benzene rings is 1. The number of halogens is 1. The number of Topliss-reactive ketones (excluding diaryl/α,β-unsaturated/α-hetero) is 1. The quantitative estimate of drug-likeness (QED) is 0.393. The van der Waals surface area contributed by atoms with E-state index in [1.165, 1.54) is 22.6 Å². The molecule has 11 heteroatoms. The van der Waals surface area contributed by atoms with Crippen molar-refractivity contribution in [2.75, 3.05) is 13.1 Å². The number of aromatic amines is 1. The van der Waals surface area contributed by atoms with Gasteiger partial charge in [0.15, 0.2) is 5.78 Å². The van der Waals surface area contributed by atoms with E-state index in [1.54, 1.807) is 42.2 Å². The van der Waals surface area contributed by atoms with E-state index in [0.29, 0.717) is 23.5 Å². The van der Waals surface area contributed by atoms with Crippen molar-refractivity contribution >= 4 is 21.9 Å². The second-order valence-corrected chi connectivity index (χ2v) is 11.8. The third kappa shape index (κ3) is 3.81. The Morgan fingerprint density at radius 2 is 1.92 bits per heavy atom. The number of nitrogens with one attached hydrogen (secondary N) is 1. The number of nitrogens with zero attached hydrogens (tertiary/aromatic N) is 5. The summed E-state index contributed by atoms with van der Waals surface area (Å²) in [5, 5.41) is 11.1. The Kier molecular flexibility index (Phi) is 5.65. The third-order valence-electron chi connectivity index (χ3n) is 7.44. The topological polar surface area (TPSA) is 114 Å². The van der Waals surface area contributed by atoms with Gasteiger partial charge in [-0.25, -0.2) is 17.5 Å². The number of carbonyl (C=O) groups is 1. The highest BCUT2D eigenvalue weighted by Crippen LogP contribution is 2.47. The smallest absolute Gasteiger partial charge is 0.246 e. The van der Waals surface area contributed by atoms with E-state index in [4.69, 9.17) is 0 Å². The van der Waals surface area contributed by atoms with Crippen molar-refractivity contribution in [3.63, 3.8) is 0 Å². The number of fused-ring (bicyclic) bond motifs is 2. The first-order chi connectivity index (χ1) is 18.2. The predicted molar refractivity (Wildman–Crippen MR) is 138 cm³/mol. The highest BCUT2D eigenvalue weighted by Gasteiger charge is 2.51. The first-order valence-corrected chi connectivity index (χ1v) is 13.6. The molecule has 9 nitrogen and oxygen atoms in total. The van der Waals surface area contributed by atoms with Gasteiger partial charge in [-0.05, 0) is 80.3 Å². The van der Waals surface area contributed by atoms with Crippen LogP contribution >= 0.6 is 0 Å². The molecule has 1 saturated heterocycles. The molecule has 0 bridgehead atoms.